The van der Waals surface area contributed by atoms with Crippen LogP contribution in [-0.2, 0) is 23.9 Å². The van der Waals surface area contributed by atoms with Crippen LogP contribution < -0.4 is 10.6 Å². The fourth-order valence-electron chi connectivity index (χ4n) is 1.43. The first kappa shape index (κ1) is 19.8. The van der Waals surface area contributed by atoms with Crippen molar-refractivity contribution in [1.82, 2.24) is 10.6 Å². The second-order valence-corrected chi connectivity index (χ2v) is 5.71. The van der Waals surface area contributed by atoms with Gasteiger partial charge in [0.05, 0.1) is 12.8 Å². The van der Waals surface area contributed by atoms with E-state index in [4.69, 9.17) is 10.1 Å². The third kappa shape index (κ3) is 9.62. The number of amides is 2. The Kier molecular flexibility index (Phi) is 8.00. The molecule has 0 fully saturated rings. The summed E-state index contributed by atoms with van der Waals surface area (Å²) in [5, 5.41) is 11.6. The molecule has 3 N–H and O–H groups in total. The Labute approximate surface area is 129 Å². The lowest BCUT2D eigenvalue weighted by Gasteiger charge is -2.24. The van der Waals surface area contributed by atoms with Crippen molar-refractivity contribution in [3.8, 4) is 0 Å². The summed E-state index contributed by atoms with van der Waals surface area (Å²) in [6.45, 7) is 6.05. The number of rotatable bonds is 8. The molecule has 8 heteroatoms. The van der Waals surface area contributed by atoms with Crippen LogP contribution in [0.5, 0.6) is 0 Å². The van der Waals surface area contributed by atoms with Gasteiger partial charge in [-0.1, -0.05) is 0 Å². The number of ether oxygens (including phenoxy) is 1. The Morgan fingerprint density at radius 2 is 1.82 bits per heavy atom. The highest BCUT2D eigenvalue weighted by atomic mass is 16.6. The maximum absolute atomic E-state index is 12.0. The first-order valence-electron chi connectivity index (χ1n) is 6.85. The molecule has 8 nitrogen and oxygen atoms in total. The molecule has 2 amide bonds. The molecular formula is C14H23N3O5. The van der Waals surface area contributed by atoms with Gasteiger partial charge in [0.2, 0.25) is 11.8 Å². The highest BCUT2D eigenvalue weighted by Gasteiger charge is 2.26. The van der Waals surface area contributed by atoms with Gasteiger partial charge in [-0.3, -0.25) is 14.4 Å². The summed E-state index contributed by atoms with van der Waals surface area (Å²) in [5.41, 5.74) is -0.733. The molecule has 0 aliphatic rings. The van der Waals surface area contributed by atoms with Crippen molar-refractivity contribution in [2.45, 2.75) is 52.2 Å². The summed E-state index contributed by atoms with van der Waals surface area (Å²) >= 11 is 0. The van der Waals surface area contributed by atoms with Gasteiger partial charge < -0.3 is 20.8 Å². The second kappa shape index (κ2) is 8.91. The lowest BCUT2D eigenvalue weighted by atomic mass is 10.1. The molecule has 0 aliphatic carbocycles. The topological polar surface area (TPSA) is 125 Å². The molecule has 0 bridgehead atoms. The zero-order chi connectivity index (χ0) is 17.3. The van der Waals surface area contributed by atoms with Crippen LogP contribution in [0.15, 0.2) is 0 Å². The van der Waals surface area contributed by atoms with Crippen molar-refractivity contribution in [3.63, 3.8) is 0 Å². The van der Waals surface area contributed by atoms with E-state index in [1.54, 1.807) is 20.8 Å². The second-order valence-electron chi connectivity index (χ2n) is 5.71. The van der Waals surface area contributed by atoms with E-state index in [0.717, 1.165) is 0 Å². The maximum atomic E-state index is 12.0. The minimum absolute atomic E-state index is 0.0228. The maximum Gasteiger partial charge on any atom is 0.329 e. The Morgan fingerprint density at radius 3 is 2.27 bits per heavy atom. The summed E-state index contributed by atoms with van der Waals surface area (Å²) in [4.78, 5) is 45.6. The predicted molar refractivity (Wildman–Crippen MR) is 79.5 cm³/mol. The van der Waals surface area contributed by atoms with Crippen LogP contribution in [0.25, 0.3) is 0 Å². The van der Waals surface area contributed by atoms with Crippen LogP contribution in [0.2, 0.25) is 0 Å². The minimum atomic E-state index is -1.01. The molecule has 0 aromatic carbocycles. The predicted octanol–water partition coefficient (Wildman–Crippen LogP) is -0.0521. The van der Waals surface area contributed by atoms with E-state index in [2.05, 4.69) is 10.6 Å². The minimum Gasteiger partial charge on any atom is -0.458 e. The molecule has 0 aromatic heterocycles. The fraction of sp³-hybridized carbons (Fsp3) is 0.643. The van der Waals surface area contributed by atoms with Crippen LogP contribution in [0.1, 0.15) is 40.5 Å². The number of carbonyl (C=O) groups is 4. The van der Waals surface area contributed by atoms with E-state index in [1.807, 2.05) is 0 Å². The molecule has 0 aromatic rings. The van der Waals surface area contributed by atoms with Gasteiger partial charge in [-0.2, -0.15) is 0 Å². The lowest BCUT2D eigenvalue weighted by molar-refractivity contribution is -0.158. The summed E-state index contributed by atoms with van der Waals surface area (Å²) in [6.07, 6.45) is 0.619. The molecule has 22 heavy (non-hydrogen) atoms. The van der Waals surface area contributed by atoms with Crippen molar-refractivity contribution in [3.05, 3.63) is 0 Å². The monoisotopic (exact) mass is 313 g/mol. The van der Waals surface area contributed by atoms with E-state index in [9.17, 15) is 19.2 Å². The molecule has 124 valence electrons. The third-order valence-corrected chi connectivity index (χ3v) is 2.36. The van der Waals surface area contributed by atoms with E-state index in [0.29, 0.717) is 6.21 Å². The van der Waals surface area contributed by atoms with E-state index in [1.165, 1.54) is 6.92 Å². The number of hydrogen-bond donors (Lipinski definition) is 3. The van der Waals surface area contributed by atoms with Gasteiger partial charge >= 0.3 is 5.97 Å². The largest absolute Gasteiger partial charge is 0.458 e. The van der Waals surface area contributed by atoms with Crippen LogP contribution in [-0.4, -0.2) is 48.0 Å². The number of nitrogens with one attached hydrogen (secondary N) is 3. The fourth-order valence-corrected chi connectivity index (χ4v) is 1.43. The zero-order valence-electron chi connectivity index (χ0n) is 13.3. The van der Waals surface area contributed by atoms with Gasteiger partial charge in [-0.05, 0) is 27.2 Å². The number of Topliss-reactive ketones (excluding diaryl/α,β-unsaturated/α-hetero) is 1. The molecule has 0 radical (unpaired) electrons. The van der Waals surface area contributed by atoms with E-state index in [-0.39, 0.29) is 25.3 Å². The third-order valence-electron chi connectivity index (χ3n) is 2.36. The zero-order valence-corrected chi connectivity index (χ0v) is 13.3. The van der Waals surface area contributed by atoms with Gasteiger partial charge in [-0.25, -0.2) is 4.79 Å². The molecule has 1 unspecified atom stereocenters. The van der Waals surface area contributed by atoms with Gasteiger partial charge in [0.15, 0.2) is 5.78 Å². The van der Waals surface area contributed by atoms with Crippen LogP contribution >= 0.6 is 0 Å². The van der Waals surface area contributed by atoms with Crippen LogP contribution in [0.4, 0.5) is 0 Å². The molecule has 0 saturated heterocycles. The quantitative estimate of drug-likeness (QED) is 0.428. The number of carbonyl (C=O) groups excluding carboxylic acids is 4. The molecule has 0 heterocycles. The van der Waals surface area contributed by atoms with Gasteiger partial charge in [-0.15, -0.1) is 0 Å². The number of hydrogen-bond acceptors (Lipinski definition) is 6. The highest BCUT2D eigenvalue weighted by molar-refractivity contribution is 6.26. The average Bonchev–Trinajstić information content (AvgIpc) is 2.38. The summed E-state index contributed by atoms with van der Waals surface area (Å²) in [6, 6.07) is -1.01. The van der Waals surface area contributed by atoms with Crippen LogP contribution in [0.3, 0.4) is 0 Å². The van der Waals surface area contributed by atoms with Crippen molar-refractivity contribution >= 4 is 29.8 Å². The normalized spacial score (nSPS) is 12.0. The molecule has 0 saturated carbocycles. The number of esters is 1. The van der Waals surface area contributed by atoms with Crippen molar-refractivity contribution in [2.75, 3.05) is 6.54 Å². The van der Waals surface area contributed by atoms with Gasteiger partial charge in [0, 0.05) is 13.3 Å². The SMILES string of the molecule is CC(=O)NCC(=O)NC(CCC(=O)C=N)C(=O)OC(C)(C)C. The lowest BCUT2D eigenvalue weighted by Crippen LogP contribution is -2.47. The standard InChI is InChI=1S/C14H23N3O5/c1-9(18)16-8-12(20)17-11(6-5-10(19)7-15)13(21)22-14(2,3)4/h7,11,15H,5-6,8H2,1-4H3,(H,16,18)(H,17,20). The Bertz CT molecular complexity index is 454. The first-order chi connectivity index (χ1) is 10.0. The average molecular weight is 313 g/mol. The molecule has 0 rings (SSSR count). The Morgan fingerprint density at radius 1 is 1.23 bits per heavy atom. The van der Waals surface area contributed by atoms with Crippen molar-refractivity contribution in [2.24, 2.45) is 0 Å². The van der Waals surface area contributed by atoms with Crippen LogP contribution in [0, 0.1) is 5.41 Å². The highest BCUT2D eigenvalue weighted by Crippen LogP contribution is 2.10. The van der Waals surface area contributed by atoms with Gasteiger partial charge in [0.25, 0.3) is 0 Å². The summed E-state index contributed by atoms with van der Waals surface area (Å²) in [7, 11) is 0. The smallest absolute Gasteiger partial charge is 0.329 e. The molecular weight excluding hydrogens is 290 g/mol. The van der Waals surface area contributed by atoms with Gasteiger partial charge in [0.1, 0.15) is 11.6 Å². The molecule has 0 spiro atoms. The van der Waals surface area contributed by atoms with E-state index >= 15 is 0 Å². The van der Waals surface area contributed by atoms with Crippen molar-refractivity contribution in [1.29, 1.82) is 5.41 Å². The Hall–Kier alpha value is -2.25. The summed E-state index contributed by atoms with van der Waals surface area (Å²) in [5.74, 6) is -2.05. The Balaban J connectivity index is 4.73. The first-order valence-corrected chi connectivity index (χ1v) is 6.85. The molecule has 0 aliphatic heterocycles. The number of ketones is 1. The van der Waals surface area contributed by atoms with E-state index < -0.39 is 29.3 Å². The summed E-state index contributed by atoms with van der Waals surface area (Å²) < 4.78 is 5.18. The molecule has 1 atom stereocenters. The van der Waals surface area contributed by atoms with Crippen molar-refractivity contribution < 1.29 is 23.9 Å².